The molecular formula is C19H38N6O2. The molecule has 156 valence electrons. The highest BCUT2D eigenvalue weighted by molar-refractivity contribution is 5.78. The van der Waals surface area contributed by atoms with Crippen molar-refractivity contribution < 1.29 is 9.53 Å². The maximum absolute atomic E-state index is 12.1. The number of nitrogens with zero attached hydrogens (tertiary/aromatic N) is 5. The summed E-state index contributed by atoms with van der Waals surface area (Å²) in [5.74, 6) is 1.07. The second-order valence-electron chi connectivity index (χ2n) is 8.86. The number of aliphatic imine (C=N–C) groups is 1. The van der Waals surface area contributed by atoms with E-state index in [4.69, 9.17) is 10.5 Å². The second kappa shape index (κ2) is 9.59. The molecule has 2 aliphatic rings. The SMILES string of the molecule is CC(CN=C(N)N1CCN(C(=O)OC(C)(C)C)CC1)CN1CCN(C)CC1. The van der Waals surface area contributed by atoms with Crippen molar-refractivity contribution >= 4 is 12.1 Å². The van der Waals surface area contributed by atoms with Gasteiger partial charge in [0.25, 0.3) is 0 Å². The summed E-state index contributed by atoms with van der Waals surface area (Å²) in [7, 11) is 2.17. The molecule has 2 saturated heterocycles. The molecule has 8 nitrogen and oxygen atoms in total. The Kier molecular flexibility index (Phi) is 7.73. The van der Waals surface area contributed by atoms with Crippen molar-refractivity contribution in [1.82, 2.24) is 19.6 Å². The smallest absolute Gasteiger partial charge is 0.410 e. The molecule has 0 aromatic carbocycles. The Morgan fingerprint density at radius 1 is 1.04 bits per heavy atom. The van der Waals surface area contributed by atoms with E-state index in [9.17, 15) is 4.79 Å². The quantitative estimate of drug-likeness (QED) is 0.571. The monoisotopic (exact) mass is 382 g/mol. The highest BCUT2D eigenvalue weighted by Crippen LogP contribution is 2.12. The Hall–Kier alpha value is -1.54. The molecule has 1 amide bonds. The summed E-state index contributed by atoms with van der Waals surface area (Å²) in [6.07, 6.45) is -0.251. The van der Waals surface area contributed by atoms with E-state index in [0.29, 0.717) is 38.1 Å². The van der Waals surface area contributed by atoms with E-state index in [-0.39, 0.29) is 6.09 Å². The van der Waals surface area contributed by atoms with Gasteiger partial charge in [0.05, 0.1) is 0 Å². The van der Waals surface area contributed by atoms with Crippen LogP contribution in [0.1, 0.15) is 27.7 Å². The summed E-state index contributed by atoms with van der Waals surface area (Å²) < 4.78 is 5.43. The van der Waals surface area contributed by atoms with Crippen molar-refractivity contribution in [3.05, 3.63) is 0 Å². The summed E-state index contributed by atoms with van der Waals surface area (Å²) in [4.78, 5) is 25.4. The van der Waals surface area contributed by atoms with E-state index < -0.39 is 5.60 Å². The van der Waals surface area contributed by atoms with Crippen LogP contribution in [0.15, 0.2) is 4.99 Å². The van der Waals surface area contributed by atoms with Gasteiger partial charge in [-0.2, -0.15) is 0 Å². The van der Waals surface area contributed by atoms with Crippen LogP contribution >= 0.6 is 0 Å². The zero-order valence-electron chi connectivity index (χ0n) is 17.8. The van der Waals surface area contributed by atoms with Gasteiger partial charge in [-0.3, -0.25) is 4.99 Å². The number of piperazine rings is 2. The number of ether oxygens (including phenoxy) is 1. The van der Waals surface area contributed by atoms with Gasteiger partial charge >= 0.3 is 6.09 Å². The first-order valence-electron chi connectivity index (χ1n) is 10.1. The fraction of sp³-hybridized carbons (Fsp3) is 0.895. The first-order chi connectivity index (χ1) is 12.6. The minimum Gasteiger partial charge on any atom is -0.444 e. The minimum absolute atomic E-state index is 0.251. The van der Waals surface area contributed by atoms with Crippen molar-refractivity contribution in [2.45, 2.75) is 33.3 Å². The van der Waals surface area contributed by atoms with Gasteiger partial charge in [0.2, 0.25) is 0 Å². The van der Waals surface area contributed by atoms with Gasteiger partial charge in [-0.25, -0.2) is 4.79 Å². The normalized spacial score (nSPS) is 22.0. The molecule has 0 aromatic heterocycles. The molecule has 27 heavy (non-hydrogen) atoms. The van der Waals surface area contributed by atoms with Gasteiger partial charge in [-0.05, 0) is 33.7 Å². The standard InChI is InChI=1S/C19H38N6O2/c1-16(15-23-8-6-22(5)7-9-23)14-21-17(20)24-10-12-25(13-11-24)18(26)27-19(2,3)4/h16H,6-15H2,1-5H3,(H2,20,21). The van der Waals surface area contributed by atoms with E-state index in [1.54, 1.807) is 4.90 Å². The molecule has 2 aliphatic heterocycles. The number of rotatable bonds is 4. The van der Waals surface area contributed by atoms with Crippen LogP contribution in [0.5, 0.6) is 0 Å². The van der Waals surface area contributed by atoms with Crippen LogP contribution in [0, 0.1) is 5.92 Å². The average Bonchev–Trinajstić information content (AvgIpc) is 2.60. The first-order valence-corrected chi connectivity index (χ1v) is 10.1. The lowest BCUT2D eigenvalue weighted by molar-refractivity contribution is 0.0186. The zero-order chi connectivity index (χ0) is 20.0. The summed E-state index contributed by atoms with van der Waals surface area (Å²) in [6, 6.07) is 0. The van der Waals surface area contributed by atoms with E-state index in [2.05, 4.69) is 33.7 Å². The number of nitrogens with two attached hydrogens (primary N) is 1. The minimum atomic E-state index is -0.464. The number of hydrogen-bond donors (Lipinski definition) is 1. The third kappa shape index (κ3) is 7.54. The molecule has 0 bridgehead atoms. The lowest BCUT2D eigenvalue weighted by atomic mass is 10.1. The molecule has 0 aromatic rings. The van der Waals surface area contributed by atoms with Crippen LogP contribution in [0.25, 0.3) is 0 Å². The second-order valence-corrected chi connectivity index (χ2v) is 8.86. The zero-order valence-corrected chi connectivity index (χ0v) is 17.8. The highest BCUT2D eigenvalue weighted by atomic mass is 16.6. The molecule has 2 rings (SSSR count). The average molecular weight is 383 g/mol. The number of carbonyl (C=O) groups is 1. The van der Waals surface area contributed by atoms with Gasteiger partial charge in [-0.15, -0.1) is 0 Å². The number of hydrogen-bond acceptors (Lipinski definition) is 5. The van der Waals surface area contributed by atoms with Crippen LogP contribution < -0.4 is 5.73 Å². The lowest BCUT2D eigenvalue weighted by Crippen LogP contribution is -2.53. The molecular weight excluding hydrogens is 344 g/mol. The summed E-state index contributed by atoms with van der Waals surface area (Å²) in [5, 5.41) is 0. The first kappa shape index (κ1) is 21.8. The van der Waals surface area contributed by atoms with Gasteiger partial charge < -0.3 is 30.1 Å². The summed E-state index contributed by atoms with van der Waals surface area (Å²) in [5.41, 5.74) is 5.73. The fourth-order valence-electron chi connectivity index (χ4n) is 3.32. The van der Waals surface area contributed by atoms with Crippen LogP contribution in [-0.4, -0.2) is 110 Å². The Labute approximate surface area is 164 Å². The van der Waals surface area contributed by atoms with Crippen LogP contribution in [0.4, 0.5) is 4.79 Å². The molecule has 1 unspecified atom stereocenters. The molecule has 0 saturated carbocycles. The molecule has 2 N–H and O–H groups in total. The third-order valence-electron chi connectivity index (χ3n) is 4.99. The van der Waals surface area contributed by atoms with Gasteiger partial charge in [-0.1, -0.05) is 6.92 Å². The predicted molar refractivity (Wildman–Crippen MR) is 109 cm³/mol. The van der Waals surface area contributed by atoms with E-state index in [0.717, 1.165) is 39.3 Å². The Bertz CT molecular complexity index is 503. The van der Waals surface area contributed by atoms with Crippen molar-refractivity contribution in [3.63, 3.8) is 0 Å². The van der Waals surface area contributed by atoms with Crippen LogP contribution in [0.3, 0.4) is 0 Å². The molecule has 2 fully saturated rings. The number of amides is 1. The number of guanidine groups is 1. The maximum Gasteiger partial charge on any atom is 0.410 e. The highest BCUT2D eigenvalue weighted by Gasteiger charge is 2.26. The molecule has 8 heteroatoms. The fourth-order valence-corrected chi connectivity index (χ4v) is 3.32. The Morgan fingerprint density at radius 3 is 2.15 bits per heavy atom. The summed E-state index contributed by atoms with van der Waals surface area (Å²) in [6.45, 7) is 16.8. The van der Waals surface area contributed by atoms with Crippen molar-refractivity contribution in [3.8, 4) is 0 Å². The van der Waals surface area contributed by atoms with Crippen molar-refractivity contribution in [2.24, 2.45) is 16.6 Å². The van der Waals surface area contributed by atoms with Gasteiger partial charge in [0.15, 0.2) is 5.96 Å². The maximum atomic E-state index is 12.1. The van der Waals surface area contributed by atoms with Crippen molar-refractivity contribution in [2.75, 3.05) is 72.5 Å². The largest absolute Gasteiger partial charge is 0.444 e. The topological polar surface area (TPSA) is 77.6 Å². The molecule has 0 radical (unpaired) electrons. The summed E-state index contributed by atoms with van der Waals surface area (Å²) >= 11 is 0. The van der Waals surface area contributed by atoms with Crippen molar-refractivity contribution in [1.29, 1.82) is 0 Å². The van der Waals surface area contributed by atoms with E-state index >= 15 is 0 Å². The Balaban J connectivity index is 1.71. The molecule has 0 aliphatic carbocycles. The molecule has 0 spiro atoms. The number of carbonyl (C=O) groups excluding carboxylic acids is 1. The van der Waals surface area contributed by atoms with Crippen LogP contribution in [0.2, 0.25) is 0 Å². The van der Waals surface area contributed by atoms with Gasteiger partial charge in [0.1, 0.15) is 5.60 Å². The number of likely N-dealkylation sites (N-methyl/N-ethyl adjacent to an activating group) is 1. The Morgan fingerprint density at radius 2 is 1.59 bits per heavy atom. The van der Waals surface area contributed by atoms with Gasteiger partial charge in [0, 0.05) is 65.4 Å². The lowest BCUT2D eigenvalue weighted by Gasteiger charge is -2.36. The van der Waals surface area contributed by atoms with E-state index in [1.165, 1.54) is 0 Å². The molecule has 1 atom stereocenters. The predicted octanol–water partition coefficient (Wildman–Crippen LogP) is 0.737. The molecule has 2 heterocycles. The van der Waals surface area contributed by atoms with Crippen LogP contribution in [-0.2, 0) is 4.74 Å². The van der Waals surface area contributed by atoms with E-state index in [1.807, 2.05) is 20.8 Å². The third-order valence-corrected chi connectivity index (χ3v) is 4.99.